The van der Waals surface area contributed by atoms with Gasteiger partial charge in [-0.2, -0.15) is 0 Å². The van der Waals surface area contributed by atoms with E-state index < -0.39 is 6.16 Å². The van der Waals surface area contributed by atoms with Gasteiger partial charge in [0.1, 0.15) is 5.75 Å². The first kappa shape index (κ1) is 22.0. The second kappa shape index (κ2) is 10.4. The molecule has 0 unspecified atom stereocenters. The third kappa shape index (κ3) is 6.42. The zero-order chi connectivity index (χ0) is 22.2. The van der Waals surface area contributed by atoms with Crippen LogP contribution in [-0.4, -0.2) is 24.6 Å². The van der Waals surface area contributed by atoms with E-state index in [1.165, 1.54) is 24.3 Å². The molecular formula is C23H19BrN2O5. The van der Waals surface area contributed by atoms with Gasteiger partial charge in [0, 0.05) is 27.0 Å². The number of hydrogen-bond acceptors (Lipinski definition) is 5. The summed E-state index contributed by atoms with van der Waals surface area (Å²) in [5.74, 6) is -0.274. The fourth-order valence-corrected chi connectivity index (χ4v) is 2.83. The molecule has 0 saturated carbocycles. The molecule has 0 aliphatic carbocycles. The summed E-state index contributed by atoms with van der Waals surface area (Å²) in [6, 6.07) is 19.9. The molecule has 0 radical (unpaired) electrons. The average Bonchev–Trinajstić information content (AvgIpc) is 2.76. The Morgan fingerprint density at radius 3 is 1.65 bits per heavy atom. The van der Waals surface area contributed by atoms with Gasteiger partial charge >= 0.3 is 6.16 Å². The lowest BCUT2D eigenvalue weighted by Gasteiger charge is -2.09. The Bertz CT molecular complexity index is 1060. The van der Waals surface area contributed by atoms with Crippen LogP contribution in [0.5, 0.6) is 5.75 Å². The summed E-state index contributed by atoms with van der Waals surface area (Å²) in [5, 5.41) is 5.57. The maximum atomic E-state index is 12.4. The Labute approximate surface area is 187 Å². The van der Waals surface area contributed by atoms with Gasteiger partial charge in [-0.1, -0.05) is 15.9 Å². The highest BCUT2D eigenvalue weighted by Crippen LogP contribution is 2.18. The quantitative estimate of drug-likeness (QED) is 0.357. The third-order valence-corrected chi connectivity index (χ3v) is 4.62. The van der Waals surface area contributed by atoms with Crippen molar-refractivity contribution in [3.8, 4) is 5.75 Å². The molecule has 3 aromatic rings. The van der Waals surface area contributed by atoms with Crippen molar-refractivity contribution >= 4 is 45.3 Å². The second-order valence-corrected chi connectivity index (χ2v) is 7.22. The molecule has 0 atom stereocenters. The van der Waals surface area contributed by atoms with Crippen molar-refractivity contribution in [2.45, 2.75) is 6.92 Å². The molecule has 2 N–H and O–H groups in total. The minimum absolute atomic E-state index is 0.214. The molecule has 0 saturated heterocycles. The Kier molecular flexibility index (Phi) is 7.40. The Hall–Kier alpha value is -3.65. The van der Waals surface area contributed by atoms with Crippen molar-refractivity contribution < 1.29 is 23.9 Å². The van der Waals surface area contributed by atoms with Crippen molar-refractivity contribution in [1.82, 2.24) is 0 Å². The number of halogens is 1. The molecule has 0 aliphatic heterocycles. The SMILES string of the molecule is CCOC(=O)Oc1ccc(C(=O)Nc2ccc(NC(=O)c3ccc(Br)cc3)cc2)cc1. The molecular weight excluding hydrogens is 464 g/mol. The first-order valence-corrected chi connectivity index (χ1v) is 10.2. The molecule has 7 nitrogen and oxygen atoms in total. The number of carbonyl (C=O) groups excluding carboxylic acids is 3. The van der Waals surface area contributed by atoms with Crippen molar-refractivity contribution in [1.29, 1.82) is 0 Å². The normalized spacial score (nSPS) is 10.1. The first-order valence-electron chi connectivity index (χ1n) is 9.37. The molecule has 158 valence electrons. The zero-order valence-corrected chi connectivity index (χ0v) is 18.1. The van der Waals surface area contributed by atoms with Crippen LogP contribution in [0.15, 0.2) is 77.3 Å². The van der Waals surface area contributed by atoms with E-state index in [0.717, 1.165) is 4.47 Å². The van der Waals surface area contributed by atoms with Gasteiger partial charge in [0.2, 0.25) is 0 Å². The zero-order valence-electron chi connectivity index (χ0n) is 16.6. The summed E-state index contributed by atoms with van der Waals surface area (Å²) in [6.07, 6.45) is -0.799. The molecule has 8 heteroatoms. The van der Waals surface area contributed by atoms with Crippen LogP contribution in [0.25, 0.3) is 0 Å². The van der Waals surface area contributed by atoms with Gasteiger partial charge in [0.25, 0.3) is 11.8 Å². The van der Waals surface area contributed by atoms with E-state index in [2.05, 4.69) is 26.6 Å². The number of hydrogen-bond donors (Lipinski definition) is 2. The predicted molar refractivity (Wildman–Crippen MR) is 121 cm³/mol. The van der Waals surface area contributed by atoms with E-state index in [1.807, 2.05) is 0 Å². The van der Waals surface area contributed by atoms with Crippen LogP contribution >= 0.6 is 15.9 Å². The second-order valence-electron chi connectivity index (χ2n) is 6.30. The molecule has 0 fully saturated rings. The Morgan fingerprint density at radius 2 is 1.19 bits per heavy atom. The monoisotopic (exact) mass is 482 g/mol. The van der Waals surface area contributed by atoms with Crippen LogP contribution in [-0.2, 0) is 4.74 Å². The molecule has 31 heavy (non-hydrogen) atoms. The summed E-state index contributed by atoms with van der Waals surface area (Å²) >= 11 is 3.33. The number of benzene rings is 3. The summed E-state index contributed by atoms with van der Waals surface area (Å²) in [7, 11) is 0. The van der Waals surface area contributed by atoms with Crippen LogP contribution in [0, 0.1) is 0 Å². The minimum atomic E-state index is -0.799. The maximum absolute atomic E-state index is 12.4. The van der Waals surface area contributed by atoms with Crippen LogP contribution < -0.4 is 15.4 Å². The highest BCUT2D eigenvalue weighted by molar-refractivity contribution is 9.10. The van der Waals surface area contributed by atoms with Crippen LogP contribution in [0.2, 0.25) is 0 Å². The Balaban J connectivity index is 1.56. The van der Waals surface area contributed by atoms with E-state index in [4.69, 9.17) is 9.47 Å². The molecule has 0 bridgehead atoms. The van der Waals surface area contributed by atoms with Crippen molar-refractivity contribution in [2.24, 2.45) is 0 Å². The van der Waals surface area contributed by atoms with Crippen molar-refractivity contribution in [3.63, 3.8) is 0 Å². The molecule has 3 aromatic carbocycles. The van der Waals surface area contributed by atoms with Gasteiger partial charge in [-0.3, -0.25) is 9.59 Å². The number of rotatable bonds is 6. The van der Waals surface area contributed by atoms with E-state index in [-0.39, 0.29) is 24.2 Å². The minimum Gasteiger partial charge on any atom is -0.434 e. The van der Waals surface area contributed by atoms with Gasteiger partial charge in [-0.15, -0.1) is 0 Å². The van der Waals surface area contributed by atoms with Crippen molar-refractivity contribution in [2.75, 3.05) is 17.2 Å². The molecule has 0 heterocycles. The van der Waals surface area contributed by atoms with E-state index in [0.29, 0.717) is 22.5 Å². The molecule has 0 spiro atoms. The van der Waals surface area contributed by atoms with Gasteiger partial charge in [-0.05, 0) is 79.7 Å². The van der Waals surface area contributed by atoms with Gasteiger partial charge < -0.3 is 20.1 Å². The lowest BCUT2D eigenvalue weighted by molar-refractivity contribution is 0.101. The van der Waals surface area contributed by atoms with Gasteiger partial charge in [-0.25, -0.2) is 4.79 Å². The topological polar surface area (TPSA) is 93.7 Å². The van der Waals surface area contributed by atoms with Gasteiger partial charge in [0.05, 0.1) is 6.61 Å². The number of amides is 2. The molecule has 3 rings (SSSR count). The predicted octanol–water partition coefficient (Wildman–Crippen LogP) is 5.49. The highest BCUT2D eigenvalue weighted by Gasteiger charge is 2.10. The fraction of sp³-hybridized carbons (Fsp3) is 0.0870. The lowest BCUT2D eigenvalue weighted by atomic mass is 10.2. The summed E-state index contributed by atoms with van der Waals surface area (Å²) < 4.78 is 10.6. The van der Waals surface area contributed by atoms with E-state index in [9.17, 15) is 14.4 Å². The third-order valence-electron chi connectivity index (χ3n) is 4.09. The van der Waals surface area contributed by atoms with Gasteiger partial charge in [0.15, 0.2) is 0 Å². The number of carbonyl (C=O) groups is 3. The summed E-state index contributed by atoms with van der Waals surface area (Å²) in [4.78, 5) is 36.0. The molecule has 2 amide bonds. The molecule has 0 aliphatic rings. The van der Waals surface area contributed by atoms with Crippen LogP contribution in [0.1, 0.15) is 27.6 Å². The maximum Gasteiger partial charge on any atom is 0.513 e. The average molecular weight is 483 g/mol. The Morgan fingerprint density at radius 1 is 0.742 bits per heavy atom. The lowest BCUT2D eigenvalue weighted by Crippen LogP contribution is -2.13. The molecule has 0 aromatic heterocycles. The number of anilines is 2. The van der Waals surface area contributed by atoms with Crippen LogP contribution in [0.4, 0.5) is 16.2 Å². The smallest absolute Gasteiger partial charge is 0.434 e. The summed E-state index contributed by atoms with van der Waals surface area (Å²) in [6.45, 7) is 1.89. The van der Waals surface area contributed by atoms with Crippen LogP contribution in [0.3, 0.4) is 0 Å². The van der Waals surface area contributed by atoms with E-state index >= 15 is 0 Å². The highest BCUT2D eigenvalue weighted by atomic mass is 79.9. The standard InChI is InChI=1S/C23H19BrN2O5/c1-2-30-23(29)31-20-13-5-16(6-14-20)22(28)26-19-11-9-18(10-12-19)25-21(27)15-3-7-17(24)8-4-15/h3-14H,2H2,1H3,(H,25,27)(H,26,28). The first-order chi connectivity index (χ1) is 14.9. The largest absolute Gasteiger partial charge is 0.513 e. The van der Waals surface area contributed by atoms with Crippen molar-refractivity contribution in [3.05, 3.63) is 88.4 Å². The number of nitrogens with one attached hydrogen (secondary N) is 2. The number of ether oxygens (including phenoxy) is 2. The summed E-state index contributed by atoms with van der Waals surface area (Å²) in [5.41, 5.74) is 2.10. The fourth-order valence-electron chi connectivity index (χ4n) is 2.56. The van der Waals surface area contributed by atoms with E-state index in [1.54, 1.807) is 55.5 Å².